The van der Waals surface area contributed by atoms with Crippen LogP contribution in [0.3, 0.4) is 0 Å². The van der Waals surface area contributed by atoms with E-state index in [4.69, 9.17) is 32.2 Å². The van der Waals surface area contributed by atoms with E-state index in [2.05, 4.69) is 15.0 Å². The lowest BCUT2D eigenvalue weighted by atomic mass is 10.1. The number of imidazole rings is 1. The van der Waals surface area contributed by atoms with Crippen LogP contribution in [-0.2, 0) is 25.2 Å². The van der Waals surface area contributed by atoms with Gasteiger partial charge in [0.1, 0.15) is 53.7 Å². The summed E-state index contributed by atoms with van der Waals surface area (Å²) in [7, 11) is -0.235. The average molecular weight is 549 g/mol. The fourth-order valence-electron chi connectivity index (χ4n) is 3.34. The van der Waals surface area contributed by atoms with E-state index in [9.17, 15) is 19.8 Å². The van der Waals surface area contributed by atoms with Crippen molar-refractivity contribution >= 4 is 51.6 Å². The maximum absolute atomic E-state index is 10.8. The number of aliphatic hydroxyl groups is 2. The topological polar surface area (TPSA) is 246 Å². The molecule has 1 saturated heterocycles. The molecule has 0 radical (unpaired) electrons. The van der Waals surface area contributed by atoms with Crippen LogP contribution in [0.5, 0.6) is 0 Å². The van der Waals surface area contributed by atoms with Gasteiger partial charge in [0.05, 0.1) is 12.6 Å². The Bertz CT molecular complexity index is 1010. The molecule has 1 fully saturated rings. The summed E-state index contributed by atoms with van der Waals surface area (Å²) in [6.45, 7) is 0. The Morgan fingerprint density at radius 1 is 1.14 bits per heavy atom. The van der Waals surface area contributed by atoms with Crippen LogP contribution in [0.25, 0.3) is 11.2 Å². The molecule has 14 nitrogen and oxygen atoms in total. The number of aliphatic hydroxyl groups excluding tert-OH is 2. The highest BCUT2D eigenvalue weighted by Crippen LogP contribution is 2.32. The minimum absolute atomic E-state index is 0.216. The molecule has 1 aliphatic heterocycles. The first-order chi connectivity index (χ1) is 17.0. The Morgan fingerprint density at radius 3 is 2.39 bits per heavy atom. The van der Waals surface area contributed by atoms with Crippen LogP contribution < -0.4 is 17.2 Å². The van der Waals surface area contributed by atoms with Gasteiger partial charge >= 0.3 is 11.9 Å². The molecule has 7 atom stereocenters. The average Bonchev–Trinajstić information content (AvgIpc) is 3.38. The Kier molecular flexibility index (Phi) is 11.6. The van der Waals surface area contributed by atoms with E-state index in [0.717, 1.165) is 5.75 Å². The van der Waals surface area contributed by atoms with E-state index in [1.807, 2.05) is 12.5 Å². The Balaban J connectivity index is 0.000000434. The molecule has 3 heterocycles. The van der Waals surface area contributed by atoms with Gasteiger partial charge in [0.15, 0.2) is 17.7 Å². The Labute approximate surface area is 215 Å². The molecule has 1 aliphatic rings. The number of aromatic nitrogens is 4. The van der Waals surface area contributed by atoms with Crippen LogP contribution in [-0.4, -0.2) is 112 Å². The maximum Gasteiger partial charge on any atom is 0.320 e. The number of hydrogen-bond acceptors (Lipinski definition) is 12. The maximum atomic E-state index is 10.8. The monoisotopic (exact) mass is 548 g/mol. The highest BCUT2D eigenvalue weighted by atomic mass is 32.2. The minimum atomic E-state index is -1.16. The standard InChI is InChI=1S/C15H22N6O5S.C5H11NO2S/c1-27(3-2-7(16)15(24)25)4-8-10(22)11(23)14(26-8)21-6-20-9-12(17)18-5-19-13(9)21;1-9-3-2-4(6)5(7)8/h5-8,10-11,14,22-23H,2-4,16H2,1H3,(H2-,17,18,19,24,25);4H,2-3,6H2,1H3,(H,7,8)/p+1/t7-,8+,10+,11+,14+,27?;4-/m00/s1. The normalized spacial score (nSPS) is 24.1. The summed E-state index contributed by atoms with van der Waals surface area (Å²) in [5.74, 6) is 0.154. The third-order valence-corrected chi connectivity index (χ3v) is 7.97. The number of anilines is 1. The number of hydrogen-bond donors (Lipinski definition) is 7. The SMILES string of the molecule is CSCC[C@H](N)C(=O)O.C[S+](CC[C@H](N)C(=O)O)C[C@H]1O[C@@H](n2cnc3c(N)ncnc32)[C@H](O)[C@@H]1O. The lowest BCUT2D eigenvalue weighted by Crippen LogP contribution is -2.37. The van der Waals surface area contributed by atoms with E-state index in [-0.39, 0.29) is 16.7 Å². The highest BCUT2D eigenvalue weighted by molar-refractivity contribution is 7.98. The molecule has 3 rings (SSSR count). The van der Waals surface area contributed by atoms with E-state index in [1.165, 1.54) is 17.2 Å². The number of carboxylic acids is 2. The van der Waals surface area contributed by atoms with Gasteiger partial charge in [-0.2, -0.15) is 11.8 Å². The number of carboxylic acid groups (broad SMARTS) is 2. The molecular weight excluding hydrogens is 514 g/mol. The van der Waals surface area contributed by atoms with Crippen molar-refractivity contribution in [2.45, 2.75) is 49.5 Å². The summed E-state index contributed by atoms with van der Waals surface area (Å²) in [4.78, 5) is 33.0. The molecular formula is C20H34N7O7S2+. The fraction of sp³-hybridized carbons (Fsp3) is 0.650. The van der Waals surface area contributed by atoms with Gasteiger partial charge < -0.3 is 42.4 Å². The van der Waals surface area contributed by atoms with Gasteiger partial charge in [-0.05, 0) is 29.3 Å². The number of rotatable bonds is 11. The van der Waals surface area contributed by atoms with Crippen molar-refractivity contribution in [3.8, 4) is 0 Å². The van der Waals surface area contributed by atoms with Crippen molar-refractivity contribution in [1.29, 1.82) is 0 Å². The minimum Gasteiger partial charge on any atom is -0.480 e. The van der Waals surface area contributed by atoms with E-state index >= 15 is 0 Å². The fourth-order valence-corrected chi connectivity index (χ4v) is 5.49. The molecule has 0 saturated carbocycles. The zero-order valence-corrected chi connectivity index (χ0v) is 21.6. The summed E-state index contributed by atoms with van der Waals surface area (Å²) in [5.41, 5.74) is 17.3. The molecule has 16 heteroatoms. The van der Waals surface area contributed by atoms with Crippen molar-refractivity contribution in [2.24, 2.45) is 11.5 Å². The quantitative estimate of drug-likeness (QED) is 0.154. The lowest BCUT2D eigenvalue weighted by Gasteiger charge is -2.16. The number of ether oxygens (including phenoxy) is 1. The predicted octanol–water partition coefficient (Wildman–Crippen LogP) is -1.77. The molecule has 10 N–H and O–H groups in total. The number of fused-ring (bicyclic) bond motifs is 1. The van der Waals surface area contributed by atoms with E-state index in [0.29, 0.717) is 35.5 Å². The van der Waals surface area contributed by atoms with E-state index < -0.39 is 48.6 Å². The first-order valence-corrected chi connectivity index (χ1v) is 14.3. The number of carbonyl (C=O) groups is 2. The molecule has 36 heavy (non-hydrogen) atoms. The number of nitrogens with zero attached hydrogens (tertiary/aromatic N) is 4. The zero-order chi connectivity index (χ0) is 27.0. The Hall–Kier alpha value is -2.21. The van der Waals surface area contributed by atoms with Gasteiger partial charge in [0.2, 0.25) is 0 Å². The smallest absolute Gasteiger partial charge is 0.320 e. The highest BCUT2D eigenvalue weighted by Gasteiger charge is 2.46. The third-order valence-electron chi connectivity index (χ3n) is 5.49. The van der Waals surface area contributed by atoms with Gasteiger partial charge in [0, 0.05) is 6.42 Å². The first-order valence-electron chi connectivity index (χ1n) is 11.0. The molecule has 2 aromatic heterocycles. The molecule has 0 bridgehead atoms. The van der Waals surface area contributed by atoms with Crippen LogP contribution in [0.2, 0.25) is 0 Å². The van der Waals surface area contributed by atoms with Crippen LogP contribution in [0.4, 0.5) is 5.82 Å². The second-order valence-corrected chi connectivity index (χ2v) is 11.5. The van der Waals surface area contributed by atoms with Crippen molar-refractivity contribution in [1.82, 2.24) is 19.5 Å². The Morgan fingerprint density at radius 2 is 1.78 bits per heavy atom. The van der Waals surface area contributed by atoms with Gasteiger partial charge in [-0.25, -0.2) is 15.0 Å². The number of aliphatic carboxylic acids is 2. The summed E-state index contributed by atoms with van der Waals surface area (Å²) >= 11 is 1.60. The predicted molar refractivity (Wildman–Crippen MR) is 138 cm³/mol. The molecule has 0 aliphatic carbocycles. The van der Waals surface area contributed by atoms with Crippen LogP contribution in [0.1, 0.15) is 19.1 Å². The van der Waals surface area contributed by atoms with Crippen molar-refractivity contribution in [2.75, 3.05) is 35.5 Å². The van der Waals surface area contributed by atoms with Crippen molar-refractivity contribution < 1.29 is 34.8 Å². The molecule has 2 aromatic rings. The van der Waals surface area contributed by atoms with Crippen LogP contribution in [0, 0.1) is 0 Å². The second-order valence-electron chi connectivity index (χ2n) is 8.24. The van der Waals surface area contributed by atoms with Gasteiger partial charge in [-0.3, -0.25) is 14.2 Å². The second kappa shape index (κ2) is 13.9. The lowest BCUT2D eigenvalue weighted by molar-refractivity contribution is -0.139. The molecule has 0 amide bonds. The van der Waals surface area contributed by atoms with Crippen molar-refractivity contribution in [3.05, 3.63) is 12.7 Å². The zero-order valence-electron chi connectivity index (χ0n) is 20.0. The summed E-state index contributed by atoms with van der Waals surface area (Å²) in [5, 5.41) is 38.0. The summed E-state index contributed by atoms with van der Waals surface area (Å²) in [6.07, 6.45) is 3.79. The van der Waals surface area contributed by atoms with Crippen LogP contribution in [0.15, 0.2) is 12.7 Å². The third kappa shape index (κ3) is 7.89. The van der Waals surface area contributed by atoms with Gasteiger partial charge in [-0.1, -0.05) is 0 Å². The number of nitrogens with two attached hydrogens (primary N) is 3. The number of nitrogen functional groups attached to an aromatic ring is 1. The summed E-state index contributed by atoms with van der Waals surface area (Å²) < 4.78 is 7.41. The molecule has 1 unspecified atom stereocenters. The first kappa shape index (κ1) is 30.0. The molecule has 0 aromatic carbocycles. The van der Waals surface area contributed by atoms with E-state index in [1.54, 1.807) is 11.8 Å². The largest absolute Gasteiger partial charge is 0.480 e. The number of thioether (sulfide) groups is 1. The van der Waals surface area contributed by atoms with Crippen molar-refractivity contribution in [3.63, 3.8) is 0 Å². The van der Waals surface area contributed by atoms with Crippen LogP contribution >= 0.6 is 11.8 Å². The van der Waals surface area contributed by atoms with Gasteiger partial charge in [-0.15, -0.1) is 0 Å². The van der Waals surface area contributed by atoms with Gasteiger partial charge in [0.25, 0.3) is 0 Å². The summed E-state index contributed by atoms with van der Waals surface area (Å²) in [6, 6.07) is -1.59. The molecule has 202 valence electrons. The molecule has 0 spiro atoms.